The van der Waals surface area contributed by atoms with Crippen molar-refractivity contribution in [3.05, 3.63) is 67.5 Å². The minimum atomic E-state index is -0.727. The lowest BCUT2D eigenvalue weighted by Gasteiger charge is -2.11. The van der Waals surface area contributed by atoms with Crippen molar-refractivity contribution in [2.75, 3.05) is 0 Å². The second kappa shape index (κ2) is 5.72. The molecule has 0 bridgehead atoms. The van der Waals surface area contributed by atoms with Gasteiger partial charge in [0.1, 0.15) is 17.2 Å². The minimum Gasteiger partial charge on any atom is -0.458 e. The average Bonchev–Trinajstić information content (AvgIpc) is 2.90. The molecule has 0 saturated carbocycles. The molecular formula is C15H9Br2ClFNO. The predicted molar refractivity (Wildman–Crippen MR) is 89.1 cm³/mol. The van der Waals surface area contributed by atoms with Crippen LogP contribution >= 0.6 is 43.5 Å². The predicted octanol–water partition coefficient (Wildman–Crippen LogP) is 5.80. The number of benzene rings is 2. The first-order valence-electron chi connectivity index (χ1n) is 6.06. The Morgan fingerprint density at radius 3 is 2.62 bits per heavy atom. The second-order valence-electron chi connectivity index (χ2n) is 4.55. The molecule has 21 heavy (non-hydrogen) atoms. The van der Waals surface area contributed by atoms with E-state index in [-0.39, 0.29) is 5.02 Å². The number of para-hydroxylation sites is 1. The average molecular weight is 434 g/mol. The highest BCUT2D eigenvalue weighted by molar-refractivity contribution is 9.11. The Bertz CT molecular complexity index is 834. The third-order valence-corrected chi connectivity index (χ3v) is 5.10. The first-order chi connectivity index (χ1) is 9.99. The van der Waals surface area contributed by atoms with Gasteiger partial charge in [-0.3, -0.25) is 0 Å². The summed E-state index contributed by atoms with van der Waals surface area (Å²) in [4.78, 5) is 0. The van der Waals surface area contributed by atoms with Crippen LogP contribution in [-0.4, -0.2) is 0 Å². The summed E-state index contributed by atoms with van der Waals surface area (Å²) in [5, 5.41) is 0.915. The van der Waals surface area contributed by atoms with Gasteiger partial charge in [0, 0.05) is 15.4 Å². The van der Waals surface area contributed by atoms with Gasteiger partial charge in [-0.05, 0) is 50.1 Å². The fraction of sp³-hybridized carbons (Fsp3) is 0.0667. The molecule has 0 fully saturated rings. The zero-order valence-electron chi connectivity index (χ0n) is 10.5. The first kappa shape index (κ1) is 15.0. The standard InChI is InChI=1S/C15H9Br2ClFNO/c16-9-5-4-8(13(19)12(9)18)14(20)11-6-7-2-1-3-10(17)15(7)21-11/h1-6,14H,20H2. The summed E-state index contributed by atoms with van der Waals surface area (Å²) in [5.74, 6) is -0.0627. The Morgan fingerprint density at radius 2 is 1.90 bits per heavy atom. The van der Waals surface area contributed by atoms with Crippen molar-refractivity contribution in [3.63, 3.8) is 0 Å². The Morgan fingerprint density at radius 1 is 1.14 bits per heavy atom. The van der Waals surface area contributed by atoms with Gasteiger partial charge in [0.2, 0.25) is 0 Å². The Labute approximate surface area is 142 Å². The number of rotatable bonds is 2. The summed E-state index contributed by atoms with van der Waals surface area (Å²) in [6.45, 7) is 0. The summed E-state index contributed by atoms with van der Waals surface area (Å²) in [7, 11) is 0. The van der Waals surface area contributed by atoms with E-state index in [2.05, 4.69) is 31.9 Å². The molecular weight excluding hydrogens is 424 g/mol. The number of nitrogens with two attached hydrogens (primary N) is 1. The number of halogens is 4. The molecule has 0 aliphatic carbocycles. The molecule has 1 unspecified atom stereocenters. The molecule has 2 aromatic carbocycles. The van der Waals surface area contributed by atoms with Crippen LogP contribution in [-0.2, 0) is 0 Å². The van der Waals surface area contributed by atoms with E-state index in [4.69, 9.17) is 21.8 Å². The van der Waals surface area contributed by atoms with E-state index >= 15 is 0 Å². The van der Waals surface area contributed by atoms with Gasteiger partial charge in [-0.1, -0.05) is 29.8 Å². The molecule has 1 heterocycles. The van der Waals surface area contributed by atoms with Crippen LogP contribution in [0, 0.1) is 5.82 Å². The number of furan rings is 1. The highest BCUT2D eigenvalue weighted by Crippen LogP contribution is 2.35. The summed E-state index contributed by atoms with van der Waals surface area (Å²) in [6.07, 6.45) is 0. The van der Waals surface area contributed by atoms with Crippen molar-refractivity contribution in [3.8, 4) is 0 Å². The van der Waals surface area contributed by atoms with E-state index in [1.54, 1.807) is 18.2 Å². The zero-order chi connectivity index (χ0) is 15.1. The van der Waals surface area contributed by atoms with E-state index in [1.807, 2.05) is 18.2 Å². The van der Waals surface area contributed by atoms with Crippen molar-refractivity contribution in [2.24, 2.45) is 5.73 Å². The fourth-order valence-corrected chi connectivity index (χ4v) is 3.08. The SMILES string of the molecule is NC(c1cc2cccc(Br)c2o1)c1ccc(Br)c(Cl)c1F. The molecule has 0 aliphatic rings. The van der Waals surface area contributed by atoms with Crippen LogP contribution in [0.4, 0.5) is 4.39 Å². The smallest absolute Gasteiger partial charge is 0.148 e. The monoisotopic (exact) mass is 431 g/mol. The summed E-state index contributed by atoms with van der Waals surface area (Å²) >= 11 is 12.5. The van der Waals surface area contributed by atoms with Crippen LogP contribution in [0.5, 0.6) is 0 Å². The molecule has 0 aliphatic heterocycles. The van der Waals surface area contributed by atoms with Gasteiger partial charge in [0.25, 0.3) is 0 Å². The Kier molecular flexibility index (Phi) is 4.10. The molecule has 0 saturated heterocycles. The topological polar surface area (TPSA) is 39.2 Å². The van der Waals surface area contributed by atoms with Gasteiger partial charge in [-0.15, -0.1) is 0 Å². The molecule has 1 atom stereocenters. The quantitative estimate of drug-likeness (QED) is 0.519. The summed E-state index contributed by atoms with van der Waals surface area (Å²) < 4.78 is 21.3. The number of hydrogen-bond donors (Lipinski definition) is 1. The molecule has 2 N–H and O–H groups in total. The van der Waals surface area contributed by atoms with E-state index in [0.29, 0.717) is 21.4 Å². The van der Waals surface area contributed by atoms with Gasteiger partial charge in [-0.25, -0.2) is 4.39 Å². The third kappa shape index (κ3) is 2.63. The Balaban J connectivity index is 2.10. The van der Waals surface area contributed by atoms with E-state index < -0.39 is 11.9 Å². The molecule has 1 aromatic heterocycles. The van der Waals surface area contributed by atoms with Gasteiger partial charge >= 0.3 is 0 Å². The van der Waals surface area contributed by atoms with E-state index in [9.17, 15) is 4.39 Å². The maximum absolute atomic E-state index is 14.2. The van der Waals surface area contributed by atoms with Crippen molar-refractivity contribution >= 4 is 54.4 Å². The zero-order valence-corrected chi connectivity index (χ0v) is 14.5. The van der Waals surface area contributed by atoms with E-state index in [1.165, 1.54) is 0 Å². The molecule has 108 valence electrons. The Hall–Kier alpha value is -0.880. The third-order valence-electron chi connectivity index (χ3n) is 3.22. The van der Waals surface area contributed by atoms with Crippen molar-refractivity contribution in [2.45, 2.75) is 6.04 Å². The molecule has 2 nitrogen and oxygen atoms in total. The summed E-state index contributed by atoms with van der Waals surface area (Å²) in [5.41, 5.74) is 7.10. The molecule has 6 heteroatoms. The van der Waals surface area contributed by atoms with Gasteiger partial charge < -0.3 is 10.2 Å². The lowest BCUT2D eigenvalue weighted by molar-refractivity contribution is 0.509. The van der Waals surface area contributed by atoms with Crippen LogP contribution in [0.3, 0.4) is 0 Å². The first-order valence-corrected chi connectivity index (χ1v) is 8.02. The normalized spacial score (nSPS) is 12.8. The maximum Gasteiger partial charge on any atom is 0.148 e. The van der Waals surface area contributed by atoms with Crippen LogP contribution in [0.15, 0.2) is 49.8 Å². The van der Waals surface area contributed by atoms with Crippen molar-refractivity contribution in [1.29, 1.82) is 0 Å². The number of fused-ring (bicyclic) bond motifs is 1. The highest BCUT2D eigenvalue weighted by Gasteiger charge is 2.21. The van der Waals surface area contributed by atoms with E-state index in [0.717, 1.165) is 9.86 Å². The maximum atomic E-state index is 14.2. The fourth-order valence-electron chi connectivity index (χ4n) is 2.13. The minimum absolute atomic E-state index is 0.0141. The molecule has 0 spiro atoms. The largest absolute Gasteiger partial charge is 0.458 e. The molecule has 3 aromatic rings. The molecule has 0 radical (unpaired) electrons. The lowest BCUT2D eigenvalue weighted by atomic mass is 10.0. The van der Waals surface area contributed by atoms with Crippen LogP contribution < -0.4 is 5.73 Å². The van der Waals surface area contributed by atoms with Crippen LogP contribution in [0.1, 0.15) is 17.4 Å². The van der Waals surface area contributed by atoms with Gasteiger partial charge in [0.05, 0.1) is 15.5 Å². The summed E-state index contributed by atoms with van der Waals surface area (Å²) in [6, 6.07) is 10.0. The molecule has 0 amide bonds. The van der Waals surface area contributed by atoms with Crippen LogP contribution in [0.2, 0.25) is 5.02 Å². The van der Waals surface area contributed by atoms with Gasteiger partial charge in [0.15, 0.2) is 0 Å². The van der Waals surface area contributed by atoms with Crippen molar-refractivity contribution < 1.29 is 8.81 Å². The van der Waals surface area contributed by atoms with Gasteiger partial charge in [-0.2, -0.15) is 0 Å². The van der Waals surface area contributed by atoms with Crippen LogP contribution in [0.25, 0.3) is 11.0 Å². The lowest BCUT2D eigenvalue weighted by Crippen LogP contribution is -2.13. The second-order valence-corrected chi connectivity index (χ2v) is 6.64. The highest BCUT2D eigenvalue weighted by atomic mass is 79.9. The number of hydrogen-bond acceptors (Lipinski definition) is 2. The van der Waals surface area contributed by atoms with Crippen molar-refractivity contribution in [1.82, 2.24) is 0 Å². The molecule has 3 rings (SSSR count).